The predicted octanol–water partition coefficient (Wildman–Crippen LogP) is 4.13. The summed E-state index contributed by atoms with van der Waals surface area (Å²) >= 11 is 0. The molecule has 0 N–H and O–H groups in total. The van der Waals surface area contributed by atoms with Gasteiger partial charge in [0.1, 0.15) is 11.6 Å². The largest absolute Gasteiger partial charge is 0.496 e. The molecule has 108 valence electrons. The van der Waals surface area contributed by atoms with E-state index in [9.17, 15) is 9.18 Å². The summed E-state index contributed by atoms with van der Waals surface area (Å²) in [4.78, 5) is 12.6. The van der Waals surface area contributed by atoms with E-state index in [1.165, 1.54) is 12.1 Å². The highest BCUT2D eigenvalue weighted by Crippen LogP contribution is 2.49. The number of methoxy groups -OCH3 is 1. The molecule has 0 saturated heterocycles. The number of ketones is 1. The monoisotopic (exact) mass is 284 g/mol. The van der Waals surface area contributed by atoms with E-state index in [1.54, 1.807) is 19.2 Å². The van der Waals surface area contributed by atoms with E-state index in [1.807, 2.05) is 25.1 Å². The van der Waals surface area contributed by atoms with Gasteiger partial charge in [0.05, 0.1) is 12.7 Å². The van der Waals surface area contributed by atoms with Crippen molar-refractivity contribution in [3.05, 3.63) is 65.0 Å². The Kier molecular flexibility index (Phi) is 3.50. The van der Waals surface area contributed by atoms with Gasteiger partial charge >= 0.3 is 0 Å². The molecule has 3 rings (SSSR count). The van der Waals surface area contributed by atoms with Crippen LogP contribution in [-0.2, 0) is 0 Å². The Bertz CT molecular complexity index is 676. The molecular formula is C18H17FO2. The fraction of sp³-hybridized carbons (Fsp3) is 0.278. The van der Waals surface area contributed by atoms with Gasteiger partial charge in [-0.15, -0.1) is 0 Å². The average Bonchev–Trinajstić information content (AvgIpc) is 3.27. The minimum Gasteiger partial charge on any atom is -0.496 e. The van der Waals surface area contributed by atoms with E-state index in [0.29, 0.717) is 11.3 Å². The summed E-state index contributed by atoms with van der Waals surface area (Å²) in [5.74, 6) is 0.664. The quantitative estimate of drug-likeness (QED) is 0.789. The van der Waals surface area contributed by atoms with Crippen LogP contribution in [0.4, 0.5) is 4.39 Å². The molecule has 21 heavy (non-hydrogen) atoms. The van der Waals surface area contributed by atoms with Crippen LogP contribution in [0.15, 0.2) is 42.5 Å². The number of halogens is 1. The van der Waals surface area contributed by atoms with Gasteiger partial charge in [-0.1, -0.05) is 23.8 Å². The van der Waals surface area contributed by atoms with Crippen LogP contribution in [-0.4, -0.2) is 12.9 Å². The summed E-state index contributed by atoms with van der Waals surface area (Å²) in [6, 6.07) is 12.1. The number of aryl methyl sites for hydroxylation is 1. The number of hydrogen-bond acceptors (Lipinski definition) is 2. The molecule has 2 nitrogen and oxygen atoms in total. The third-order valence-corrected chi connectivity index (χ3v) is 4.05. The highest BCUT2D eigenvalue weighted by atomic mass is 19.1. The second-order valence-corrected chi connectivity index (χ2v) is 5.57. The van der Waals surface area contributed by atoms with Crippen molar-refractivity contribution in [3.63, 3.8) is 0 Å². The van der Waals surface area contributed by atoms with Gasteiger partial charge in [0.2, 0.25) is 0 Å². The Morgan fingerprint density at radius 1 is 1.19 bits per heavy atom. The molecular weight excluding hydrogens is 267 g/mol. The predicted molar refractivity (Wildman–Crippen MR) is 79.3 cm³/mol. The summed E-state index contributed by atoms with van der Waals surface area (Å²) < 4.78 is 18.2. The molecule has 2 aromatic carbocycles. The van der Waals surface area contributed by atoms with Gasteiger partial charge in [0, 0.05) is 5.92 Å². The maximum Gasteiger partial charge on any atom is 0.170 e. The van der Waals surface area contributed by atoms with E-state index in [-0.39, 0.29) is 23.4 Å². The van der Waals surface area contributed by atoms with E-state index < -0.39 is 0 Å². The van der Waals surface area contributed by atoms with E-state index >= 15 is 0 Å². The topological polar surface area (TPSA) is 26.3 Å². The molecule has 2 atom stereocenters. The molecule has 2 aromatic rings. The lowest BCUT2D eigenvalue weighted by Crippen LogP contribution is -2.06. The number of Topliss-reactive ketones (excluding diaryl/α,β-unsaturated/α-hetero) is 1. The highest BCUT2D eigenvalue weighted by molar-refractivity contribution is 6.02. The summed E-state index contributed by atoms with van der Waals surface area (Å²) in [5, 5.41) is 0. The van der Waals surface area contributed by atoms with Crippen molar-refractivity contribution in [3.8, 4) is 5.75 Å². The van der Waals surface area contributed by atoms with Gasteiger partial charge in [-0.05, 0) is 49.1 Å². The molecule has 0 aromatic heterocycles. The highest BCUT2D eigenvalue weighted by Gasteiger charge is 2.44. The zero-order chi connectivity index (χ0) is 15.0. The van der Waals surface area contributed by atoms with Crippen LogP contribution in [0.2, 0.25) is 0 Å². The minimum absolute atomic E-state index is 0.0221. The summed E-state index contributed by atoms with van der Waals surface area (Å²) in [6.45, 7) is 1.96. The van der Waals surface area contributed by atoms with E-state index in [2.05, 4.69) is 0 Å². The number of benzene rings is 2. The zero-order valence-corrected chi connectivity index (χ0v) is 12.1. The van der Waals surface area contributed by atoms with E-state index in [0.717, 1.165) is 17.5 Å². The van der Waals surface area contributed by atoms with Crippen LogP contribution < -0.4 is 4.74 Å². The molecule has 1 aliphatic carbocycles. The van der Waals surface area contributed by atoms with Gasteiger partial charge in [-0.25, -0.2) is 4.39 Å². The van der Waals surface area contributed by atoms with E-state index in [4.69, 9.17) is 4.74 Å². The van der Waals surface area contributed by atoms with Crippen molar-refractivity contribution in [2.24, 2.45) is 5.92 Å². The Morgan fingerprint density at radius 2 is 1.90 bits per heavy atom. The maximum absolute atomic E-state index is 13.0. The van der Waals surface area contributed by atoms with Crippen molar-refractivity contribution in [2.45, 2.75) is 19.3 Å². The first-order chi connectivity index (χ1) is 10.1. The fourth-order valence-corrected chi connectivity index (χ4v) is 2.78. The lowest BCUT2D eigenvalue weighted by Gasteiger charge is -2.08. The molecule has 0 aliphatic heterocycles. The Morgan fingerprint density at radius 3 is 2.57 bits per heavy atom. The van der Waals surface area contributed by atoms with Crippen molar-refractivity contribution in [1.29, 1.82) is 0 Å². The van der Waals surface area contributed by atoms with Gasteiger partial charge in [-0.3, -0.25) is 4.79 Å². The van der Waals surface area contributed by atoms with Gasteiger partial charge in [-0.2, -0.15) is 0 Å². The summed E-state index contributed by atoms with van der Waals surface area (Å²) in [5.41, 5.74) is 2.71. The van der Waals surface area contributed by atoms with Gasteiger partial charge < -0.3 is 4.74 Å². The van der Waals surface area contributed by atoms with Crippen molar-refractivity contribution < 1.29 is 13.9 Å². The molecule has 0 spiro atoms. The molecule has 0 radical (unpaired) electrons. The first kappa shape index (κ1) is 13.8. The molecule has 0 heterocycles. The smallest absolute Gasteiger partial charge is 0.170 e. The third kappa shape index (κ3) is 2.68. The van der Waals surface area contributed by atoms with Crippen LogP contribution in [0, 0.1) is 18.7 Å². The lowest BCUT2D eigenvalue weighted by molar-refractivity contribution is 0.0962. The molecule has 1 aliphatic rings. The van der Waals surface area contributed by atoms with Crippen molar-refractivity contribution >= 4 is 5.78 Å². The number of ether oxygens (including phenoxy) is 1. The summed E-state index contributed by atoms with van der Waals surface area (Å²) in [7, 11) is 1.58. The van der Waals surface area contributed by atoms with Gasteiger partial charge in [0.25, 0.3) is 0 Å². The SMILES string of the molecule is COc1ccc(C)cc1C(=O)C1CC1c1ccc(F)cc1. The van der Waals surface area contributed by atoms with Crippen LogP contribution in [0.5, 0.6) is 5.75 Å². The molecule has 0 bridgehead atoms. The lowest BCUT2D eigenvalue weighted by atomic mass is 10.0. The normalized spacial score (nSPS) is 20.1. The second-order valence-electron chi connectivity index (χ2n) is 5.57. The number of carbonyl (C=O) groups is 1. The molecule has 0 amide bonds. The Labute approximate surface area is 123 Å². The minimum atomic E-state index is -0.248. The maximum atomic E-state index is 13.0. The van der Waals surface area contributed by atoms with Crippen molar-refractivity contribution in [2.75, 3.05) is 7.11 Å². The average molecular weight is 284 g/mol. The summed E-state index contributed by atoms with van der Waals surface area (Å²) in [6.07, 6.45) is 0.821. The Hall–Kier alpha value is -2.16. The van der Waals surface area contributed by atoms with Crippen LogP contribution in [0.25, 0.3) is 0 Å². The van der Waals surface area contributed by atoms with Crippen LogP contribution in [0.1, 0.15) is 33.8 Å². The van der Waals surface area contributed by atoms with Crippen LogP contribution in [0.3, 0.4) is 0 Å². The van der Waals surface area contributed by atoms with Gasteiger partial charge in [0.15, 0.2) is 5.78 Å². The first-order valence-corrected chi connectivity index (χ1v) is 7.04. The first-order valence-electron chi connectivity index (χ1n) is 7.04. The van der Waals surface area contributed by atoms with Crippen LogP contribution >= 0.6 is 0 Å². The number of rotatable bonds is 4. The third-order valence-electron chi connectivity index (χ3n) is 4.05. The van der Waals surface area contributed by atoms with Crippen molar-refractivity contribution in [1.82, 2.24) is 0 Å². The second kappa shape index (κ2) is 5.32. The molecule has 1 fully saturated rings. The zero-order valence-electron chi connectivity index (χ0n) is 12.1. The molecule has 2 unspecified atom stereocenters. The molecule has 3 heteroatoms. The standard InChI is InChI=1S/C18H17FO2/c1-11-3-8-17(21-2)16(9-11)18(20)15-10-14(15)12-4-6-13(19)7-5-12/h3-9,14-15H,10H2,1-2H3. The fourth-order valence-electron chi connectivity index (χ4n) is 2.78. The number of carbonyl (C=O) groups excluding carboxylic acids is 1. The number of hydrogen-bond donors (Lipinski definition) is 0. The molecule has 1 saturated carbocycles. The Balaban J connectivity index is 1.82.